The van der Waals surface area contributed by atoms with Crippen LogP contribution in [0.4, 0.5) is 0 Å². The third kappa shape index (κ3) is 2.73. The van der Waals surface area contributed by atoms with Crippen LogP contribution in [0.3, 0.4) is 0 Å². The minimum Gasteiger partial charge on any atom is -0.338 e. The average molecular weight is 318 g/mol. The molecule has 1 amide bonds. The number of nitrogens with zero attached hydrogens (tertiary/aromatic N) is 4. The molecule has 1 aliphatic heterocycles. The van der Waals surface area contributed by atoms with E-state index < -0.39 is 0 Å². The summed E-state index contributed by atoms with van der Waals surface area (Å²) in [5.41, 5.74) is 2.41. The number of piperidine rings is 1. The Bertz CT molecular complexity index is 860. The van der Waals surface area contributed by atoms with Crippen LogP contribution in [-0.4, -0.2) is 38.8 Å². The van der Waals surface area contributed by atoms with E-state index in [1.807, 2.05) is 35.2 Å². The number of carbonyl (C=O) groups excluding carboxylic acids is 1. The van der Waals surface area contributed by atoms with Crippen molar-refractivity contribution < 1.29 is 4.79 Å². The summed E-state index contributed by atoms with van der Waals surface area (Å²) in [6, 6.07) is 9.64. The molecule has 0 radical (unpaired) electrons. The van der Waals surface area contributed by atoms with E-state index in [-0.39, 0.29) is 11.8 Å². The number of pyridine rings is 1. The Labute approximate surface area is 140 Å². The molecule has 1 aliphatic rings. The van der Waals surface area contributed by atoms with Crippen LogP contribution in [0.5, 0.6) is 0 Å². The number of hydrogen-bond donors (Lipinski definition) is 0. The van der Waals surface area contributed by atoms with Crippen LogP contribution in [0.2, 0.25) is 0 Å². The topological polar surface area (TPSA) is 59.0 Å². The number of para-hydroxylation sites is 1. The highest BCUT2D eigenvalue weighted by Gasteiger charge is 2.27. The van der Waals surface area contributed by atoms with Gasteiger partial charge >= 0.3 is 0 Å². The number of carbonyl (C=O) groups is 1. The van der Waals surface area contributed by atoms with Crippen molar-refractivity contribution in [3.05, 3.63) is 66.4 Å². The van der Waals surface area contributed by atoms with Crippen LogP contribution in [-0.2, 0) is 0 Å². The zero-order valence-corrected chi connectivity index (χ0v) is 13.3. The van der Waals surface area contributed by atoms with Crippen LogP contribution in [0.1, 0.15) is 34.8 Å². The second-order valence-electron chi connectivity index (χ2n) is 6.10. The monoisotopic (exact) mass is 318 g/mol. The van der Waals surface area contributed by atoms with E-state index in [2.05, 4.69) is 15.0 Å². The van der Waals surface area contributed by atoms with E-state index in [9.17, 15) is 4.79 Å². The number of aromatic nitrogens is 3. The van der Waals surface area contributed by atoms with Gasteiger partial charge in [-0.05, 0) is 25.0 Å². The standard InChI is InChI=1S/C19H18N4O/c24-19(16-7-1-4-14-5-2-8-22-18(14)16)23-11-3-6-15(13-23)17-12-20-9-10-21-17/h1-2,4-5,7-10,12,15H,3,6,11,13H2/t15-/m1/s1. The maximum atomic E-state index is 13.0. The Morgan fingerprint density at radius 3 is 2.88 bits per heavy atom. The smallest absolute Gasteiger partial charge is 0.256 e. The highest BCUT2D eigenvalue weighted by Crippen LogP contribution is 2.27. The molecule has 120 valence electrons. The van der Waals surface area contributed by atoms with Crippen LogP contribution in [0.15, 0.2) is 55.1 Å². The number of benzene rings is 1. The molecule has 3 heterocycles. The van der Waals surface area contributed by atoms with Crippen LogP contribution in [0.25, 0.3) is 10.9 Å². The maximum absolute atomic E-state index is 13.0. The fraction of sp³-hybridized carbons (Fsp3) is 0.263. The van der Waals surface area contributed by atoms with Gasteiger partial charge in [-0.15, -0.1) is 0 Å². The van der Waals surface area contributed by atoms with E-state index in [0.29, 0.717) is 12.1 Å². The predicted octanol–water partition coefficient (Wildman–Crippen LogP) is 3.04. The predicted molar refractivity (Wildman–Crippen MR) is 91.7 cm³/mol. The lowest BCUT2D eigenvalue weighted by molar-refractivity contribution is 0.0707. The van der Waals surface area contributed by atoms with Crippen molar-refractivity contribution >= 4 is 16.8 Å². The summed E-state index contributed by atoms with van der Waals surface area (Å²) in [5, 5.41) is 0.992. The fourth-order valence-corrected chi connectivity index (χ4v) is 3.37. The molecule has 1 fully saturated rings. The molecule has 1 atom stereocenters. The lowest BCUT2D eigenvalue weighted by Crippen LogP contribution is -2.39. The van der Waals surface area contributed by atoms with Gasteiger partial charge in [0.2, 0.25) is 0 Å². The van der Waals surface area contributed by atoms with E-state index in [4.69, 9.17) is 0 Å². The van der Waals surface area contributed by atoms with Crippen molar-refractivity contribution in [3.8, 4) is 0 Å². The molecule has 2 aromatic heterocycles. The molecule has 3 aromatic rings. The molecule has 0 bridgehead atoms. The van der Waals surface area contributed by atoms with Gasteiger partial charge < -0.3 is 4.90 Å². The number of fused-ring (bicyclic) bond motifs is 1. The summed E-state index contributed by atoms with van der Waals surface area (Å²) in [5.74, 6) is 0.298. The molecule has 0 spiro atoms. The number of hydrogen-bond acceptors (Lipinski definition) is 4. The molecule has 0 unspecified atom stereocenters. The highest BCUT2D eigenvalue weighted by atomic mass is 16.2. The summed E-state index contributed by atoms with van der Waals surface area (Å²) in [6.45, 7) is 1.46. The van der Waals surface area contributed by atoms with Gasteiger partial charge in [0.1, 0.15) is 0 Å². The van der Waals surface area contributed by atoms with Crippen LogP contribution >= 0.6 is 0 Å². The molecule has 1 saturated heterocycles. The number of rotatable bonds is 2. The Hall–Kier alpha value is -2.82. The largest absolute Gasteiger partial charge is 0.338 e. The van der Waals surface area contributed by atoms with Crippen molar-refractivity contribution in [2.45, 2.75) is 18.8 Å². The highest BCUT2D eigenvalue weighted by molar-refractivity contribution is 6.05. The second kappa shape index (κ2) is 6.35. The van der Waals surface area contributed by atoms with E-state index in [0.717, 1.165) is 36.0 Å². The maximum Gasteiger partial charge on any atom is 0.256 e. The zero-order chi connectivity index (χ0) is 16.4. The molecule has 0 aliphatic carbocycles. The number of amides is 1. The first-order chi connectivity index (χ1) is 11.8. The van der Waals surface area contributed by atoms with Gasteiger partial charge in [-0.3, -0.25) is 19.7 Å². The summed E-state index contributed by atoms with van der Waals surface area (Å²) >= 11 is 0. The summed E-state index contributed by atoms with van der Waals surface area (Å²) < 4.78 is 0. The minimum atomic E-state index is 0.0490. The summed E-state index contributed by atoms with van der Waals surface area (Å²) in [4.78, 5) is 27.9. The van der Waals surface area contributed by atoms with Crippen molar-refractivity contribution in [3.63, 3.8) is 0 Å². The number of likely N-dealkylation sites (tertiary alicyclic amines) is 1. The Balaban J connectivity index is 1.62. The normalized spacial score (nSPS) is 17.8. The van der Waals surface area contributed by atoms with Crippen molar-refractivity contribution in [1.29, 1.82) is 0 Å². The van der Waals surface area contributed by atoms with Gasteiger partial charge in [0.05, 0.1) is 16.8 Å². The van der Waals surface area contributed by atoms with E-state index >= 15 is 0 Å². The molecule has 5 heteroatoms. The molecule has 4 rings (SSSR count). The Morgan fingerprint density at radius 1 is 1.08 bits per heavy atom. The zero-order valence-electron chi connectivity index (χ0n) is 13.3. The molecule has 0 saturated carbocycles. The van der Waals surface area contributed by atoms with Gasteiger partial charge in [0.25, 0.3) is 5.91 Å². The van der Waals surface area contributed by atoms with Gasteiger partial charge in [-0.1, -0.05) is 18.2 Å². The quantitative estimate of drug-likeness (QED) is 0.728. The Kier molecular flexibility index (Phi) is 3.91. The average Bonchev–Trinajstić information content (AvgIpc) is 2.68. The van der Waals surface area contributed by atoms with Gasteiger partial charge in [0, 0.05) is 49.2 Å². The van der Waals surface area contributed by atoms with E-state index in [1.165, 1.54) is 0 Å². The van der Waals surface area contributed by atoms with Crippen LogP contribution in [0, 0.1) is 0 Å². The first-order valence-corrected chi connectivity index (χ1v) is 8.22. The first kappa shape index (κ1) is 14.8. The van der Waals surface area contributed by atoms with Crippen molar-refractivity contribution in [1.82, 2.24) is 19.9 Å². The fourth-order valence-electron chi connectivity index (χ4n) is 3.37. The summed E-state index contributed by atoms with van der Waals surface area (Å²) in [7, 11) is 0. The first-order valence-electron chi connectivity index (χ1n) is 8.22. The van der Waals surface area contributed by atoms with E-state index in [1.54, 1.807) is 24.8 Å². The SMILES string of the molecule is O=C(c1cccc2cccnc12)N1CCC[C@@H](c2cnccn2)C1. The van der Waals surface area contributed by atoms with Crippen molar-refractivity contribution in [2.75, 3.05) is 13.1 Å². The third-order valence-corrected chi connectivity index (χ3v) is 4.57. The molecule has 1 aromatic carbocycles. The Morgan fingerprint density at radius 2 is 2.00 bits per heavy atom. The molecule has 5 nitrogen and oxygen atoms in total. The van der Waals surface area contributed by atoms with Gasteiger partial charge in [-0.25, -0.2) is 0 Å². The lowest BCUT2D eigenvalue weighted by atomic mass is 9.94. The minimum absolute atomic E-state index is 0.0490. The van der Waals surface area contributed by atoms with Crippen LogP contribution < -0.4 is 0 Å². The molecule has 0 N–H and O–H groups in total. The molecular formula is C19H18N4O. The van der Waals surface area contributed by atoms with Gasteiger partial charge in [0.15, 0.2) is 0 Å². The molecular weight excluding hydrogens is 300 g/mol. The molecule has 24 heavy (non-hydrogen) atoms. The van der Waals surface area contributed by atoms with Crippen molar-refractivity contribution in [2.24, 2.45) is 0 Å². The third-order valence-electron chi connectivity index (χ3n) is 4.57. The summed E-state index contributed by atoms with van der Waals surface area (Å²) in [6.07, 6.45) is 8.94. The van der Waals surface area contributed by atoms with Gasteiger partial charge in [-0.2, -0.15) is 0 Å². The lowest BCUT2D eigenvalue weighted by Gasteiger charge is -2.32. The second-order valence-corrected chi connectivity index (χ2v) is 6.10.